The van der Waals surface area contributed by atoms with Gasteiger partial charge >= 0.3 is 6.03 Å². The molecule has 3 amide bonds. The Labute approximate surface area is 175 Å². The van der Waals surface area contributed by atoms with E-state index < -0.39 is 6.04 Å². The molecular weight excluding hydrogens is 386 g/mol. The molecule has 0 radical (unpaired) electrons. The summed E-state index contributed by atoms with van der Waals surface area (Å²) >= 11 is 0. The maximum absolute atomic E-state index is 13.0. The number of carbonyl (C=O) groups excluding carboxylic acids is 3. The lowest BCUT2D eigenvalue weighted by atomic mass is 10.1. The van der Waals surface area contributed by atoms with E-state index in [0.29, 0.717) is 47.8 Å². The summed E-state index contributed by atoms with van der Waals surface area (Å²) in [6.45, 7) is 1.92. The van der Waals surface area contributed by atoms with E-state index in [2.05, 4.69) is 10.6 Å². The van der Waals surface area contributed by atoms with Crippen molar-refractivity contribution >= 4 is 29.1 Å². The number of urea groups is 1. The van der Waals surface area contributed by atoms with Crippen molar-refractivity contribution < 1.29 is 23.9 Å². The number of methoxy groups -OCH3 is 2. The number of nitrogens with zero attached hydrogens (tertiary/aromatic N) is 1. The Hall–Kier alpha value is -3.55. The Kier molecular flexibility index (Phi) is 6.56. The lowest BCUT2D eigenvalue weighted by molar-refractivity contribution is -0.119. The van der Waals surface area contributed by atoms with Crippen LogP contribution in [0.2, 0.25) is 0 Å². The molecule has 1 heterocycles. The van der Waals surface area contributed by atoms with Crippen LogP contribution < -0.4 is 20.1 Å². The SMILES string of the molecule is COc1cccc(OC)c1NC(=O)C1CCCN1C(=O)Nc1cccc(C(C)=O)c1. The Morgan fingerprint density at radius 2 is 1.67 bits per heavy atom. The molecule has 0 aliphatic carbocycles. The van der Waals surface area contributed by atoms with Gasteiger partial charge in [-0.1, -0.05) is 18.2 Å². The number of hydrogen-bond donors (Lipinski definition) is 2. The smallest absolute Gasteiger partial charge is 0.322 e. The minimum Gasteiger partial charge on any atom is -0.494 e. The van der Waals surface area contributed by atoms with Crippen LogP contribution >= 0.6 is 0 Å². The molecule has 1 fully saturated rings. The number of benzene rings is 2. The van der Waals surface area contributed by atoms with Crippen LogP contribution in [-0.4, -0.2) is 49.4 Å². The normalized spacial score (nSPS) is 15.4. The largest absolute Gasteiger partial charge is 0.494 e. The van der Waals surface area contributed by atoms with E-state index in [1.807, 2.05) is 0 Å². The average Bonchev–Trinajstić information content (AvgIpc) is 3.24. The number of Topliss-reactive ketones (excluding diaryl/α,β-unsaturated/α-hetero) is 1. The maximum atomic E-state index is 13.0. The fourth-order valence-corrected chi connectivity index (χ4v) is 3.47. The number of para-hydroxylation sites is 1. The fraction of sp³-hybridized carbons (Fsp3) is 0.318. The molecular formula is C22H25N3O5. The van der Waals surface area contributed by atoms with E-state index in [4.69, 9.17) is 9.47 Å². The van der Waals surface area contributed by atoms with E-state index in [1.54, 1.807) is 42.5 Å². The predicted molar refractivity (Wildman–Crippen MR) is 113 cm³/mol. The molecule has 30 heavy (non-hydrogen) atoms. The molecule has 2 aromatic carbocycles. The average molecular weight is 411 g/mol. The molecule has 158 valence electrons. The van der Waals surface area contributed by atoms with Gasteiger partial charge in [-0.15, -0.1) is 0 Å². The number of amides is 3. The predicted octanol–water partition coefficient (Wildman–Crippen LogP) is 3.54. The first-order valence-electron chi connectivity index (χ1n) is 9.65. The van der Waals surface area contributed by atoms with E-state index in [0.717, 1.165) is 0 Å². The topological polar surface area (TPSA) is 97.0 Å². The minimum atomic E-state index is -0.629. The summed E-state index contributed by atoms with van der Waals surface area (Å²) in [5.74, 6) is 0.536. The van der Waals surface area contributed by atoms with E-state index >= 15 is 0 Å². The number of carbonyl (C=O) groups is 3. The van der Waals surface area contributed by atoms with Crippen molar-refractivity contribution in [2.24, 2.45) is 0 Å². The highest BCUT2D eigenvalue weighted by Crippen LogP contribution is 2.35. The van der Waals surface area contributed by atoms with Gasteiger partial charge in [0, 0.05) is 17.8 Å². The van der Waals surface area contributed by atoms with Gasteiger partial charge in [0.05, 0.1) is 14.2 Å². The third-order valence-electron chi connectivity index (χ3n) is 5.01. The van der Waals surface area contributed by atoms with Crippen LogP contribution in [-0.2, 0) is 4.79 Å². The summed E-state index contributed by atoms with van der Waals surface area (Å²) in [4.78, 5) is 38.8. The number of anilines is 2. The van der Waals surface area contributed by atoms with Crippen molar-refractivity contribution in [2.75, 3.05) is 31.4 Å². The summed E-state index contributed by atoms with van der Waals surface area (Å²) in [6.07, 6.45) is 1.26. The quantitative estimate of drug-likeness (QED) is 0.709. The second-order valence-corrected chi connectivity index (χ2v) is 6.95. The zero-order valence-electron chi connectivity index (χ0n) is 17.2. The van der Waals surface area contributed by atoms with Crippen molar-refractivity contribution in [1.29, 1.82) is 0 Å². The second kappa shape index (κ2) is 9.30. The van der Waals surface area contributed by atoms with Crippen LogP contribution in [0.25, 0.3) is 0 Å². The summed E-state index contributed by atoms with van der Waals surface area (Å²) in [7, 11) is 3.02. The highest BCUT2D eigenvalue weighted by Gasteiger charge is 2.35. The minimum absolute atomic E-state index is 0.0877. The van der Waals surface area contributed by atoms with Crippen molar-refractivity contribution in [3.05, 3.63) is 48.0 Å². The zero-order valence-corrected chi connectivity index (χ0v) is 17.2. The fourth-order valence-electron chi connectivity index (χ4n) is 3.47. The van der Waals surface area contributed by atoms with Crippen LogP contribution in [0.15, 0.2) is 42.5 Å². The molecule has 8 nitrogen and oxygen atoms in total. The van der Waals surface area contributed by atoms with Gasteiger partial charge < -0.3 is 25.0 Å². The van der Waals surface area contributed by atoms with Crippen molar-refractivity contribution in [2.45, 2.75) is 25.8 Å². The highest BCUT2D eigenvalue weighted by atomic mass is 16.5. The number of hydrogen-bond acceptors (Lipinski definition) is 5. The van der Waals surface area contributed by atoms with Crippen LogP contribution in [0.5, 0.6) is 11.5 Å². The van der Waals surface area contributed by atoms with Gasteiger partial charge in [0.1, 0.15) is 23.2 Å². The molecule has 0 bridgehead atoms. The third kappa shape index (κ3) is 4.53. The van der Waals surface area contributed by atoms with Gasteiger partial charge in [-0.2, -0.15) is 0 Å². The third-order valence-corrected chi connectivity index (χ3v) is 5.01. The van der Waals surface area contributed by atoms with Crippen LogP contribution in [0.1, 0.15) is 30.1 Å². The van der Waals surface area contributed by atoms with E-state index in [9.17, 15) is 14.4 Å². The first-order valence-corrected chi connectivity index (χ1v) is 9.65. The molecule has 0 aromatic heterocycles. The summed E-state index contributed by atoms with van der Waals surface area (Å²) < 4.78 is 10.6. The lowest BCUT2D eigenvalue weighted by Crippen LogP contribution is -2.45. The van der Waals surface area contributed by atoms with Gasteiger partial charge in [0.2, 0.25) is 5.91 Å². The molecule has 2 N–H and O–H groups in total. The lowest BCUT2D eigenvalue weighted by Gasteiger charge is -2.25. The summed E-state index contributed by atoms with van der Waals surface area (Å²) in [5, 5.41) is 5.62. The number of nitrogens with one attached hydrogen (secondary N) is 2. The zero-order chi connectivity index (χ0) is 21.7. The van der Waals surface area contributed by atoms with E-state index in [-0.39, 0.29) is 17.7 Å². The first-order chi connectivity index (χ1) is 14.4. The second-order valence-electron chi connectivity index (χ2n) is 6.95. The molecule has 1 atom stereocenters. The Bertz CT molecular complexity index is 937. The molecule has 2 aromatic rings. The maximum Gasteiger partial charge on any atom is 0.322 e. The highest BCUT2D eigenvalue weighted by molar-refractivity contribution is 6.02. The van der Waals surface area contributed by atoms with Gasteiger partial charge in [-0.25, -0.2) is 4.79 Å². The number of ether oxygens (including phenoxy) is 2. The molecule has 8 heteroatoms. The summed E-state index contributed by atoms with van der Waals surface area (Å²) in [5.41, 5.74) is 1.44. The summed E-state index contributed by atoms with van der Waals surface area (Å²) in [6, 6.07) is 10.9. The number of rotatable bonds is 6. The van der Waals surface area contributed by atoms with Crippen molar-refractivity contribution in [3.8, 4) is 11.5 Å². The van der Waals surface area contributed by atoms with E-state index in [1.165, 1.54) is 26.0 Å². The molecule has 1 aliphatic rings. The Balaban J connectivity index is 1.74. The monoisotopic (exact) mass is 411 g/mol. The van der Waals surface area contributed by atoms with Crippen LogP contribution in [0.3, 0.4) is 0 Å². The standard InChI is InChI=1S/C22H25N3O5/c1-14(26)15-7-4-8-16(13-15)23-22(28)25-12-6-9-17(25)21(27)24-20-18(29-2)10-5-11-19(20)30-3/h4-5,7-8,10-11,13,17H,6,9,12H2,1-3H3,(H,23,28)(H,24,27). The number of likely N-dealkylation sites (tertiary alicyclic amines) is 1. The van der Waals surface area contributed by atoms with Crippen LogP contribution in [0, 0.1) is 0 Å². The Morgan fingerprint density at radius 3 is 2.30 bits per heavy atom. The molecule has 1 aliphatic heterocycles. The molecule has 0 spiro atoms. The van der Waals surface area contributed by atoms with Gasteiger partial charge in [0.25, 0.3) is 0 Å². The van der Waals surface area contributed by atoms with Crippen molar-refractivity contribution in [1.82, 2.24) is 4.90 Å². The van der Waals surface area contributed by atoms with Gasteiger partial charge in [-0.05, 0) is 44.0 Å². The number of ketones is 1. The molecule has 1 unspecified atom stereocenters. The van der Waals surface area contributed by atoms with Gasteiger partial charge in [-0.3, -0.25) is 9.59 Å². The van der Waals surface area contributed by atoms with Crippen LogP contribution in [0.4, 0.5) is 16.2 Å². The molecule has 3 rings (SSSR count). The molecule has 0 saturated carbocycles. The Morgan fingerprint density at radius 1 is 1.00 bits per heavy atom. The molecule has 1 saturated heterocycles. The van der Waals surface area contributed by atoms with Gasteiger partial charge in [0.15, 0.2) is 5.78 Å². The first kappa shape index (κ1) is 21.2. The van der Waals surface area contributed by atoms with Crippen molar-refractivity contribution in [3.63, 3.8) is 0 Å².